The van der Waals surface area contributed by atoms with Crippen molar-refractivity contribution in [1.29, 1.82) is 0 Å². The maximum Gasteiger partial charge on any atom is 0.229 e. The zero-order chi connectivity index (χ0) is 21.8. The monoisotopic (exact) mass is 421 g/mol. The van der Waals surface area contributed by atoms with Crippen LogP contribution in [0.2, 0.25) is 0 Å². The van der Waals surface area contributed by atoms with Crippen LogP contribution in [0.25, 0.3) is 0 Å². The van der Waals surface area contributed by atoms with Gasteiger partial charge in [0.1, 0.15) is 0 Å². The Bertz CT molecular complexity index is 939. The molecule has 2 saturated heterocycles. The number of hydrogen-bond acceptors (Lipinski definition) is 4. The smallest absolute Gasteiger partial charge is 0.229 e. The van der Waals surface area contributed by atoms with Crippen LogP contribution < -0.4 is 15.1 Å². The van der Waals surface area contributed by atoms with E-state index in [-0.39, 0.29) is 24.2 Å². The molecular formula is C25H31N3O3. The van der Waals surface area contributed by atoms with Gasteiger partial charge in [-0.25, -0.2) is 0 Å². The van der Waals surface area contributed by atoms with Gasteiger partial charge >= 0.3 is 0 Å². The van der Waals surface area contributed by atoms with E-state index in [4.69, 9.17) is 4.74 Å². The van der Waals surface area contributed by atoms with Gasteiger partial charge in [0.25, 0.3) is 0 Å². The first-order chi connectivity index (χ1) is 15.1. The third-order valence-electron chi connectivity index (χ3n) is 6.38. The zero-order valence-corrected chi connectivity index (χ0v) is 18.3. The van der Waals surface area contributed by atoms with E-state index in [0.29, 0.717) is 25.7 Å². The molecule has 2 heterocycles. The van der Waals surface area contributed by atoms with Crippen molar-refractivity contribution in [2.75, 3.05) is 48.0 Å². The number of anilines is 3. The molecule has 2 aromatic carbocycles. The molecule has 2 atom stereocenters. The van der Waals surface area contributed by atoms with Gasteiger partial charge in [-0.2, -0.15) is 0 Å². The molecule has 2 aliphatic rings. The highest BCUT2D eigenvalue weighted by Crippen LogP contribution is 2.34. The number of nitrogens with one attached hydrogen (secondary N) is 1. The molecule has 0 bridgehead atoms. The van der Waals surface area contributed by atoms with E-state index in [9.17, 15) is 9.59 Å². The van der Waals surface area contributed by atoms with Crippen LogP contribution in [-0.4, -0.2) is 44.7 Å². The number of nitrogens with zero attached hydrogens (tertiary/aromatic N) is 2. The molecule has 0 saturated carbocycles. The lowest BCUT2D eigenvalue weighted by molar-refractivity contribution is -0.122. The second-order valence-corrected chi connectivity index (χ2v) is 8.38. The molecule has 1 N–H and O–H groups in total. The van der Waals surface area contributed by atoms with Gasteiger partial charge in [0, 0.05) is 31.7 Å². The summed E-state index contributed by atoms with van der Waals surface area (Å²) >= 11 is 0. The van der Waals surface area contributed by atoms with E-state index in [1.807, 2.05) is 42.5 Å². The van der Waals surface area contributed by atoms with Crippen LogP contribution >= 0.6 is 0 Å². The van der Waals surface area contributed by atoms with Crippen LogP contribution in [0.3, 0.4) is 0 Å². The summed E-state index contributed by atoms with van der Waals surface area (Å²) in [5, 5.41) is 3.09. The Kier molecular flexibility index (Phi) is 6.56. The average Bonchev–Trinajstić information content (AvgIpc) is 3.21. The predicted molar refractivity (Wildman–Crippen MR) is 124 cm³/mol. The van der Waals surface area contributed by atoms with Crippen molar-refractivity contribution in [2.24, 2.45) is 5.92 Å². The molecule has 2 amide bonds. The Balaban J connectivity index is 1.49. The summed E-state index contributed by atoms with van der Waals surface area (Å²) in [6.07, 6.45) is 1.24. The molecule has 0 spiro atoms. The largest absolute Gasteiger partial charge is 0.378 e. The number of ether oxygens (including phenoxy) is 1. The molecule has 6 heteroatoms. The van der Waals surface area contributed by atoms with E-state index in [1.165, 1.54) is 0 Å². The standard InChI is InChI=1S/C25H31N3O3/c1-3-18(2)20-8-4-6-10-22(20)28-17-19(16-24(28)29)25(30)26-21-9-5-7-11-23(21)27-12-14-31-15-13-27/h4-11,18-19H,3,12-17H2,1-2H3,(H,26,30). The first-order valence-corrected chi connectivity index (χ1v) is 11.2. The van der Waals surface area contributed by atoms with E-state index in [0.717, 1.165) is 42.1 Å². The summed E-state index contributed by atoms with van der Waals surface area (Å²) in [5.74, 6) is -0.0949. The molecule has 2 fully saturated rings. The number of rotatable bonds is 6. The molecule has 0 aliphatic carbocycles. The summed E-state index contributed by atoms with van der Waals surface area (Å²) in [4.78, 5) is 30.0. The second-order valence-electron chi connectivity index (χ2n) is 8.38. The van der Waals surface area contributed by atoms with Crippen molar-refractivity contribution in [2.45, 2.75) is 32.6 Å². The summed E-state index contributed by atoms with van der Waals surface area (Å²) in [5.41, 5.74) is 3.89. The van der Waals surface area contributed by atoms with Crippen LogP contribution in [0.5, 0.6) is 0 Å². The molecule has 2 aliphatic heterocycles. The Hall–Kier alpha value is -2.86. The number of hydrogen-bond donors (Lipinski definition) is 1. The number of carbonyl (C=O) groups is 2. The third kappa shape index (κ3) is 4.59. The Morgan fingerprint density at radius 1 is 1.10 bits per heavy atom. The number of para-hydroxylation sites is 3. The summed E-state index contributed by atoms with van der Waals surface area (Å²) < 4.78 is 5.45. The van der Waals surface area contributed by atoms with Crippen molar-refractivity contribution >= 4 is 28.9 Å². The van der Waals surface area contributed by atoms with Gasteiger partial charge in [0.15, 0.2) is 0 Å². The van der Waals surface area contributed by atoms with Gasteiger partial charge in [-0.15, -0.1) is 0 Å². The second kappa shape index (κ2) is 9.52. The van der Waals surface area contributed by atoms with E-state index < -0.39 is 0 Å². The van der Waals surface area contributed by atoms with E-state index >= 15 is 0 Å². The molecule has 4 rings (SSSR count). The highest BCUT2D eigenvalue weighted by Gasteiger charge is 2.36. The van der Waals surface area contributed by atoms with Crippen molar-refractivity contribution in [1.82, 2.24) is 0 Å². The Labute approximate surface area is 184 Å². The molecule has 164 valence electrons. The Morgan fingerprint density at radius 3 is 2.52 bits per heavy atom. The van der Waals surface area contributed by atoms with Crippen LogP contribution in [0.15, 0.2) is 48.5 Å². The van der Waals surface area contributed by atoms with Gasteiger partial charge in [-0.05, 0) is 36.1 Å². The number of carbonyl (C=O) groups excluding carboxylic acids is 2. The molecule has 2 unspecified atom stereocenters. The fraction of sp³-hybridized carbons (Fsp3) is 0.440. The Morgan fingerprint density at radius 2 is 1.77 bits per heavy atom. The van der Waals surface area contributed by atoms with Crippen molar-refractivity contribution in [3.8, 4) is 0 Å². The van der Waals surface area contributed by atoms with Gasteiger partial charge in [0.2, 0.25) is 11.8 Å². The lowest BCUT2D eigenvalue weighted by Crippen LogP contribution is -2.37. The SMILES string of the molecule is CCC(C)c1ccccc1N1CC(C(=O)Nc2ccccc2N2CCOCC2)CC1=O. The van der Waals surface area contributed by atoms with E-state index in [2.05, 4.69) is 30.1 Å². The third-order valence-corrected chi connectivity index (χ3v) is 6.38. The van der Waals surface area contributed by atoms with Crippen LogP contribution in [0.4, 0.5) is 17.1 Å². The van der Waals surface area contributed by atoms with Gasteiger partial charge < -0.3 is 19.9 Å². The minimum Gasteiger partial charge on any atom is -0.378 e. The highest BCUT2D eigenvalue weighted by molar-refractivity contribution is 6.04. The highest BCUT2D eigenvalue weighted by atomic mass is 16.5. The minimum atomic E-state index is -0.366. The molecule has 2 aromatic rings. The molecule has 31 heavy (non-hydrogen) atoms. The number of amides is 2. The first kappa shape index (κ1) is 21.4. The average molecular weight is 422 g/mol. The number of benzene rings is 2. The maximum atomic E-state index is 13.1. The number of morpholine rings is 1. The topological polar surface area (TPSA) is 61.9 Å². The maximum absolute atomic E-state index is 13.1. The lowest BCUT2D eigenvalue weighted by Gasteiger charge is -2.30. The fourth-order valence-corrected chi connectivity index (χ4v) is 4.38. The summed E-state index contributed by atoms with van der Waals surface area (Å²) in [7, 11) is 0. The summed E-state index contributed by atoms with van der Waals surface area (Å²) in [6, 6.07) is 15.9. The van der Waals surface area contributed by atoms with Crippen molar-refractivity contribution in [3.63, 3.8) is 0 Å². The quantitative estimate of drug-likeness (QED) is 0.765. The van der Waals surface area contributed by atoms with Gasteiger partial charge in [-0.3, -0.25) is 9.59 Å². The van der Waals surface area contributed by atoms with Crippen LogP contribution in [0, 0.1) is 5.92 Å². The summed E-state index contributed by atoms with van der Waals surface area (Å²) in [6.45, 7) is 7.71. The fourth-order valence-electron chi connectivity index (χ4n) is 4.38. The molecule has 0 radical (unpaired) electrons. The van der Waals surface area contributed by atoms with Crippen molar-refractivity contribution in [3.05, 3.63) is 54.1 Å². The molecular weight excluding hydrogens is 390 g/mol. The van der Waals surface area contributed by atoms with Gasteiger partial charge in [-0.1, -0.05) is 44.2 Å². The first-order valence-electron chi connectivity index (χ1n) is 11.2. The molecule has 6 nitrogen and oxygen atoms in total. The van der Waals surface area contributed by atoms with Crippen LogP contribution in [0.1, 0.15) is 38.2 Å². The zero-order valence-electron chi connectivity index (χ0n) is 18.3. The normalized spacial score (nSPS) is 20.1. The predicted octanol–water partition coefficient (Wildman–Crippen LogP) is 4.03. The minimum absolute atomic E-state index is 0.0115. The lowest BCUT2D eigenvalue weighted by atomic mass is 9.96. The van der Waals surface area contributed by atoms with Crippen LogP contribution in [-0.2, 0) is 14.3 Å². The molecule has 0 aromatic heterocycles. The van der Waals surface area contributed by atoms with Crippen molar-refractivity contribution < 1.29 is 14.3 Å². The van der Waals surface area contributed by atoms with E-state index in [1.54, 1.807) is 4.90 Å². The van der Waals surface area contributed by atoms with Gasteiger partial charge in [0.05, 0.1) is 30.5 Å².